The molecule has 0 amide bonds. The maximum atomic E-state index is 13.9. The Morgan fingerprint density at radius 3 is 1.83 bits per heavy atom. The molecule has 0 aliphatic rings. The van der Waals surface area contributed by atoms with Gasteiger partial charge in [0.05, 0.1) is 4.90 Å². The first-order chi connectivity index (χ1) is 10.7. The predicted molar refractivity (Wildman–Crippen MR) is 76.7 cm³/mol. The molecule has 23 heavy (non-hydrogen) atoms. The van der Waals surface area contributed by atoms with Gasteiger partial charge in [0.2, 0.25) is 0 Å². The fraction of sp³-hybridized carbons (Fsp3) is 0. The number of hydrogen-bond donors (Lipinski definition) is 1. The molecule has 0 radical (unpaired) electrons. The highest BCUT2D eigenvalue weighted by atomic mass is 32.2. The molecular weight excluding hydrogens is 356 g/mol. The lowest BCUT2D eigenvalue weighted by Gasteiger charge is -2.10. The third kappa shape index (κ3) is 3.41. The molecule has 0 unspecified atom stereocenters. The Hall–Kier alpha value is -1.84. The maximum Gasteiger partial charge on any atom is 0.300 e. The van der Waals surface area contributed by atoms with Gasteiger partial charge in [0.25, 0.3) is 0 Å². The van der Waals surface area contributed by atoms with Crippen molar-refractivity contribution in [2.75, 3.05) is 0 Å². The molecule has 9 heteroatoms. The average molecular weight is 364 g/mol. The lowest BCUT2D eigenvalue weighted by atomic mass is 10.2. The molecule has 0 aliphatic carbocycles. The third-order valence-corrected chi connectivity index (χ3v) is 4.72. The van der Waals surface area contributed by atoms with Crippen LogP contribution in [0.2, 0.25) is 0 Å². The van der Waals surface area contributed by atoms with Crippen molar-refractivity contribution >= 4 is 28.0 Å². The van der Waals surface area contributed by atoms with Crippen molar-refractivity contribution in [3.63, 3.8) is 0 Å². The van der Waals surface area contributed by atoms with Crippen LogP contribution in [0.15, 0.2) is 45.5 Å². The molecule has 2 aromatic rings. The van der Waals surface area contributed by atoms with Crippen LogP contribution in [0.25, 0.3) is 6.08 Å². The van der Waals surface area contributed by atoms with Crippen molar-refractivity contribution in [2.45, 2.75) is 14.7 Å². The zero-order chi connectivity index (χ0) is 17.4. The fourth-order valence-electron chi connectivity index (χ4n) is 1.70. The van der Waals surface area contributed by atoms with E-state index in [1.54, 1.807) is 12.1 Å². The van der Waals surface area contributed by atoms with Gasteiger partial charge < -0.3 is 0 Å². The molecule has 0 spiro atoms. The van der Waals surface area contributed by atoms with Crippen molar-refractivity contribution in [3.05, 3.63) is 59.7 Å². The molecule has 1 N–H and O–H groups in total. The predicted octanol–water partition coefficient (Wildman–Crippen LogP) is 4.28. The van der Waals surface area contributed by atoms with Crippen molar-refractivity contribution in [3.8, 4) is 0 Å². The lowest BCUT2D eigenvalue weighted by molar-refractivity contribution is 0.384. The fourth-order valence-corrected chi connectivity index (χ4v) is 3.20. The summed E-state index contributed by atoms with van der Waals surface area (Å²) in [4.78, 5) is -2.86. The van der Waals surface area contributed by atoms with Gasteiger partial charge in [0.1, 0.15) is 0 Å². The number of halogens is 4. The Kier molecular flexibility index (Phi) is 4.83. The minimum absolute atomic E-state index is 0.256. The Bertz CT molecular complexity index is 849. The van der Waals surface area contributed by atoms with Gasteiger partial charge >= 0.3 is 10.1 Å². The van der Waals surface area contributed by atoms with Crippen LogP contribution in [0.5, 0.6) is 0 Å². The smallest absolute Gasteiger partial charge is 0.282 e. The minimum Gasteiger partial charge on any atom is -0.282 e. The van der Waals surface area contributed by atoms with Crippen LogP contribution in [0.1, 0.15) is 5.56 Å². The first-order valence-corrected chi connectivity index (χ1v) is 8.16. The number of benzene rings is 2. The molecule has 122 valence electrons. The van der Waals surface area contributed by atoms with Crippen molar-refractivity contribution < 1.29 is 30.5 Å². The van der Waals surface area contributed by atoms with Gasteiger partial charge in [-0.1, -0.05) is 36.5 Å². The molecule has 0 atom stereocenters. The second kappa shape index (κ2) is 6.34. The average Bonchev–Trinajstić information content (AvgIpc) is 2.49. The zero-order valence-electron chi connectivity index (χ0n) is 11.2. The lowest BCUT2D eigenvalue weighted by Crippen LogP contribution is -2.11. The molecule has 0 bridgehead atoms. The Labute approximate surface area is 133 Å². The summed E-state index contributed by atoms with van der Waals surface area (Å²) in [5.41, 5.74) is 0.717. The Balaban J connectivity index is 2.57. The van der Waals surface area contributed by atoms with Crippen LogP contribution in [0, 0.1) is 23.3 Å². The maximum absolute atomic E-state index is 13.9. The minimum atomic E-state index is -5.46. The summed E-state index contributed by atoms with van der Waals surface area (Å²) in [5, 5.41) is 0. The summed E-state index contributed by atoms with van der Waals surface area (Å²) in [6, 6.07) is 5.99. The van der Waals surface area contributed by atoms with Crippen LogP contribution in [-0.2, 0) is 10.1 Å². The van der Waals surface area contributed by atoms with E-state index in [1.165, 1.54) is 18.2 Å². The van der Waals surface area contributed by atoms with Gasteiger partial charge in [-0.25, -0.2) is 17.6 Å². The number of hydrogen-bond acceptors (Lipinski definition) is 3. The van der Waals surface area contributed by atoms with Crippen LogP contribution in [0.3, 0.4) is 0 Å². The van der Waals surface area contributed by atoms with E-state index in [0.717, 1.165) is 5.56 Å². The van der Waals surface area contributed by atoms with E-state index in [4.69, 9.17) is 4.55 Å². The molecule has 0 fully saturated rings. The normalized spacial score (nSPS) is 11.5. The van der Waals surface area contributed by atoms with E-state index in [9.17, 15) is 26.0 Å². The van der Waals surface area contributed by atoms with Gasteiger partial charge in [-0.15, -0.1) is 0 Å². The molecule has 0 saturated heterocycles. The van der Waals surface area contributed by atoms with E-state index in [1.807, 2.05) is 0 Å². The zero-order valence-corrected chi connectivity index (χ0v) is 12.8. The number of rotatable bonds is 4. The van der Waals surface area contributed by atoms with E-state index in [-0.39, 0.29) is 4.90 Å². The summed E-state index contributed by atoms with van der Waals surface area (Å²) < 4.78 is 85.5. The van der Waals surface area contributed by atoms with Crippen molar-refractivity contribution in [1.29, 1.82) is 0 Å². The van der Waals surface area contributed by atoms with Gasteiger partial charge in [-0.3, -0.25) is 4.55 Å². The van der Waals surface area contributed by atoms with Gasteiger partial charge in [0, 0.05) is 4.90 Å². The second-order valence-corrected chi connectivity index (χ2v) is 6.71. The third-order valence-electron chi connectivity index (χ3n) is 2.78. The van der Waals surface area contributed by atoms with Crippen LogP contribution in [0.4, 0.5) is 17.6 Å². The summed E-state index contributed by atoms with van der Waals surface area (Å²) in [6.45, 7) is 3.52. The highest BCUT2D eigenvalue weighted by Crippen LogP contribution is 2.37. The molecule has 0 aliphatic heterocycles. The SMILES string of the molecule is C=Cc1ccc(Sc2c(F)c(F)c(S(=O)(=O)O)c(F)c2F)cc1. The molecular formula is C14H8F4O3S2. The van der Waals surface area contributed by atoms with Crippen LogP contribution < -0.4 is 0 Å². The molecule has 0 heterocycles. The van der Waals surface area contributed by atoms with Gasteiger partial charge in [0.15, 0.2) is 28.2 Å². The monoisotopic (exact) mass is 364 g/mol. The molecule has 2 rings (SSSR count). The molecule has 0 saturated carbocycles. The van der Waals surface area contributed by atoms with Crippen molar-refractivity contribution in [2.24, 2.45) is 0 Å². The van der Waals surface area contributed by atoms with Gasteiger partial charge in [-0.05, 0) is 17.7 Å². The quantitative estimate of drug-likeness (QED) is 0.500. The Morgan fingerprint density at radius 1 is 0.957 bits per heavy atom. The van der Waals surface area contributed by atoms with E-state index >= 15 is 0 Å². The Morgan fingerprint density at radius 2 is 1.43 bits per heavy atom. The second-order valence-electron chi connectivity index (χ2n) is 4.26. The van der Waals surface area contributed by atoms with Gasteiger partial charge in [-0.2, -0.15) is 8.42 Å². The van der Waals surface area contributed by atoms with E-state index in [0.29, 0.717) is 11.8 Å². The summed E-state index contributed by atoms with van der Waals surface area (Å²) >= 11 is 0.367. The van der Waals surface area contributed by atoms with Crippen molar-refractivity contribution in [1.82, 2.24) is 0 Å². The highest BCUT2D eigenvalue weighted by Gasteiger charge is 2.32. The van der Waals surface area contributed by atoms with E-state index in [2.05, 4.69) is 6.58 Å². The summed E-state index contributed by atoms with van der Waals surface area (Å²) in [7, 11) is -5.46. The molecule has 2 aromatic carbocycles. The van der Waals surface area contributed by atoms with Crippen LogP contribution >= 0.6 is 11.8 Å². The molecule has 3 nitrogen and oxygen atoms in total. The summed E-state index contributed by atoms with van der Waals surface area (Å²) in [5.74, 6) is -8.18. The summed E-state index contributed by atoms with van der Waals surface area (Å²) in [6.07, 6.45) is 1.52. The first kappa shape index (κ1) is 17.5. The van der Waals surface area contributed by atoms with Crippen LogP contribution in [-0.4, -0.2) is 13.0 Å². The highest BCUT2D eigenvalue weighted by molar-refractivity contribution is 7.99. The molecule has 0 aromatic heterocycles. The largest absolute Gasteiger partial charge is 0.300 e. The topological polar surface area (TPSA) is 54.4 Å². The van der Waals surface area contributed by atoms with E-state index < -0.39 is 43.2 Å². The first-order valence-electron chi connectivity index (χ1n) is 5.90. The standard InChI is InChI=1S/C14H8F4O3S2/c1-2-7-3-5-8(6-4-7)22-13-9(15)11(17)14(23(19,20)21)12(18)10(13)16/h2-6H,1H2,(H,19,20,21).